The van der Waals surface area contributed by atoms with Gasteiger partial charge in [0, 0.05) is 31.2 Å². The molecule has 20 heavy (non-hydrogen) atoms. The van der Waals surface area contributed by atoms with Crippen LogP contribution in [-0.4, -0.2) is 31.1 Å². The van der Waals surface area contributed by atoms with E-state index >= 15 is 0 Å². The molecule has 114 valence electrons. The number of nitrogens with one attached hydrogen (secondary N) is 2. The Morgan fingerprint density at radius 2 is 1.90 bits per heavy atom. The van der Waals surface area contributed by atoms with Gasteiger partial charge in [-0.05, 0) is 32.6 Å². The van der Waals surface area contributed by atoms with Crippen LogP contribution in [0.1, 0.15) is 49.7 Å². The lowest BCUT2D eigenvalue weighted by atomic mass is 10.2. The summed E-state index contributed by atoms with van der Waals surface area (Å²) in [6.45, 7) is 6.25. The van der Waals surface area contributed by atoms with E-state index < -0.39 is 0 Å². The Kier molecular flexibility index (Phi) is 9.04. The van der Waals surface area contributed by atoms with Crippen LogP contribution in [0.5, 0.6) is 0 Å². The van der Waals surface area contributed by atoms with Gasteiger partial charge in [0.2, 0.25) is 0 Å². The molecule has 0 spiro atoms. The molecule has 0 aliphatic rings. The number of thiazole rings is 1. The van der Waals surface area contributed by atoms with Crippen LogP contribution in [-0.2, 0) is 6.42 Å². The van der Waals surface area contributed by atoms with Crippen molar-refractivity contribution in [1.29, 1.82) is 0 Å². The zero-order valence-electron chi connectivity index (χ0n) is 13.0. The second-order valence-electron chi connectivity index (χ2n) is 4.97. The van der Waals surface area contributed by atoms with Crippen LogP contribution in [0.2, 0.25) is 0 Å². The maximum atomic E-state index is 4.48. The molecule has 0 aromatic carbocycles. The minimum absolute atomic E-state index is 0.922. The Labute approximate surface area is 127 Å². The van der Waals surface area contributed by atoms with Crippen LogP contribution in [0.25, 0.3) is 0 Å². The Morgan fingerprint density at radius 3 is 2.45 bits per heavy atom. The molecule has 0 saturated heterocycles. The van der Waals surface area contributed by atoms with Gasteiger partial charge in [0.1, 0.15) is 0 Å². The molecule has 0 aliphatic heterocycles. The zero-order chi connectivity index (χ0) is 14.6. The van der Waals surface area contributed by atoms with Crippen molar-refractivity contribution in [3.63, 3.8) is 0 Å². The van der Waals surface area contributed by atoms with Crippen LogP contribution in [0.15, 0.2) is 10.4 Å². The summed E-state index contributed by atoms with van der Waals surface area (Å²) in [7, 11) is 1.83. The summed E-state index contributed by atoms with van der Waals surface area (Å²) in [4.78, 5) is 8.71. The molecular weight excluding hydrogens is 268 g/mol. The molecule has 0 radical (unpaired) electrons. The van der Waals surface area contributed by atoms with Gasteiger partial charge in [0.15, 0.2) is 5.96 Å². The van der Waals surface area contributed by atoms with Crippen molar-refractivity contribution in [2.45, 2.75) is 52.4 Å². The van der Waals surface area contributed by atoms with Gasteiger partial charge in [-0.15, -0.1) is 11.3 Å². The number of unbranched alkanes of at least 4 members (excludes halogenated alkanes) is 3. The van der Waals surface area contributed by atoms with Crippen LogP contribution in [0, 0.1) is 6.92 Å². The van der Waals surface area contributed by atoms with Gasteiger partial charge in [-0.3, -0.25) is 4.99 Å². The largest absolute Gasteiger partial charge is 0.356 e. The summed E-state index contributed by atoms with van der Waals surface area (Å²) in [5.41, 5.74) is 1.14. The highest BCUT2D eigenvalue weighted by Crippen LogP contribution is 2.11. The first-order chi connectivity index (χ1) is 9.76. The highest BCUT2D eigenvalue weighted by molar-refractivity contribution is 7.09. The fraction of sp³-hybridized carbons (Fsp3) is 0.733. The van der Waals surface area contributed by atoms with Gasteiger partial charge in [0.05, 0.1) is 5.01 Å². The molecule has 5 heteroatoms. The van der Waals surface area contributed by atoms with Crippen LogP contribution >= 0.6 is 11.3 Å². The van der Waals surface area contributed by atoms with E-state index in [1.165, 1.54) is 30.7 Å². The van der Waals surface area contributed by atoms with E-state index in [1.54, 1.807) is 11.3 Å². The van der Waals surface area contributed by atoms with Crippen molar-refractivity contribution in [2.75, 3.05) is 20.1 Å². The summed E-state index contributed by atoms with van der Waals surface area (Å²) in [6.07, 6.45) is 7.14. The van der Waals surface area contributed by atoms with Crippen LogP contribution in [0.3, 0.4) is 0 Å². The first-order valence-corrected chi connectivity index (χ1v) is 8.49. The molecule has 0 fully saturated rings. The summed E-state index contributed by atoms with van der Waals surface area (Å²) in [5, 5.41) is 10.1. The van der Waals surface area contributed by atoms with Gasteiger partial charge in [-0.1, -0.05) is 19.8 Å². The smallest absolute Gasteiger partial charge is 0.190 e. The molecule has 0 unspecified atom stereocenters. The predicted octanol–water partition coefficient (Wildman–Crippen LogP) is 3.13. The van der Waals surface area contributed by atoms with Crippen molar-refractivity contribution in [1.82, 2.24) is 15.6 Å². The minimum atomic E-state index is 0.922. The summed E-state index contributed by atoms with van der Waals surface area (Å²) in [6, 6.07) is 0. The van der Waals surface area contributed by atoms with Crippen molar-refractivity contribution in [3.05, 3.63) is 16.1 Å². The molecule has 1 aromatic heterocycles. The maximum Gasteiger partial charge on any atom is 0.190 e. The number of nitrogens with zero attached hydrogens (tertiary/aromatic N) is 2. The lowest BCUT2D eigenvalue weighted by molar-refractivity contribution is 0.665. The van der Waals surface area contributed by atoms with E-state index in [9.17, 15) is 0 Å². The third-order valence-corrected chi connectivity index (χ3v) is 4.10. The van der Waals surface area contributed by atoms with Crippen molar-refractivity contribution < 1.29 is 0 Å². The monoisotopic (exact) mass is 296 g/mol. The van der Waals surface area contributed by atoms with Crippen LogP contribution < -0.4 is 10.6 Å². The van der Waals surface area contributed by atoms with E-state index in [1.807, 2.05) is 7.05 Å². The molecular formula is C15H28N4S. The van der Waals surface area contributed by atoms with E-state index in [-0.39, 0.29) is 0 Å². The molecule has 1 rings (SSSR count). The van der Waals surface area contributed by atoms with E-state index in [0.29, 0.717) is 0 Å². The molecule has 0 aliphatic carbocycles. The second-order valence-corrected chi connectivity index (χ2v) is 5.92. The summed E-state index contributed by atoms with van der Waals surface area (Å²) in [5.74, 6) is 0.922. The van der Waals surface area contributed by atoms with Gasteiger partial charge in [0.25, 0.3) is 0 Å². The Balaban J connectivity index is 2.03. The number of aryl methyl sites for hydroxylation is 2. The molecule has 0 saturated carbocycles. The Morgan fingerprint density at radius 1 is 1.20 bits per heavy atom. The summed E-state index contributed by atoms with van der Waals surface area (Å²) < 4.78 is 0. The third kappa shape index (κ3) is 7.48. The van der Waals surface area contributed by atoms with Crippen molar-refractivity contribution >= 4 is 17.3 Å². The normalized spacial score (nSPS) is 11.7. The SMILES string of the molecule is CCCCCNC(=NC)NCCCCc1nc(C)cs1. The highest BCUT2D eigenvalue weighted by atomic mass is 32.1. The lowest BCUT2D eigenvalue weighted by Gasteiger charge is -2.11. The number of aliphatic imine (C=N–C) groups is 1. The fourth-order valence-electron chi connectivity index (χ4n) is 1.93. The van der Waals surface area contributed by atoms with Gasteiger partial charge >= 0.3 is 0 Å². The summed E-state index contributed by atoms with van der Waals surface area (Å²) >= 11 is 1.77. The lowest BCUT2D eigenvalue weighted by Crippen LogP contribution is -2.38. The first-order valence-electron chi connectivity index (χ1n) is 7.61. The number of rotatable bonds is 9. The predicted molar refractivity (Wildman–Crippen MR) is 88.7 cm³/mol. The van der Waals surface area contributed by atoms with Gasteiger partial charge < -0.3 is 10.6 Å². The first kappa shape index (κ1) is 17.0. The van der Waals surface area contributed by atoms with E-state index in [4.69, 9.17) is 0 Å². The molecule has 0 atom stereocenters. The number of hydrogen-bond acceptors (Lipinski definition) is 3. The standard InChI is InChI=1S/C15H28N4S/c1-4-5-7-10-17-15(16-3)18-11-8-6-9-14-19-13(2)12-20-14/h12H,4-11H2,1-3H3,(H2,16,17,18). The minimum Gasteiger partial charge on any atom is -0.356 e. The Bertz CT molecular complexity index is 387. The average molecular weight is 296 g/mol. The molecule has 0 bridgehead atoms. The molecule has 4 nitrogen and oxygen atoms in total. The second kappa shape index (κ2) is 10.7. The number of aromatic nitrogens is 1. The number of hydrogen-bond donors (Lipinski definition) is 2. The Hall–Kier alpha value is -1.10. The highest BCUT2D eigenvalue weighted by Gasteiger charge is 1.99. The fourth-order valence-corrected chi connectivity index (χ4v) is 2.75. The van der Waals surface area contributed by atoms with E-state index in [0.717, 1.165) is 37.6 Å². The average Bonchev–Trinajstić information content (AvgIpc) is 2.86. The molecule has 1 aromatic rings. The third-order valence-electron chi connectivity index (χ3n) is 3.07. The zero-order valence-corrected chi connectivity index (χ0v) is 13.9. The maximum absolute atomic E-state index is 4.48. The quantitative estimate of drug-likeness (QED) is 0.418. The molecule has 0 amide bonds. The van der Waals surface area contributed by atoms with Crippen LogP contribution in [0.4, 0.5) is 0 Å². The topological polar surface area (TPSA) is 49.3 Å². The van der Waals surface area contributed by atoms with Gasteiger partial charge in [-0.25, -0.2) is 4.98 Å². The van der Waals surface area contributed by atoms with Crippen molar-refractivity contribution in [2.24, 2.45) is 4.99 Å². The number of guanidine groups is 1. The van der Waals surface area contributed by atoms with E-state index in [2.05, 4.69) is 39.8 Å². The molecule has 2 N–H and O–H groups in total. The van der Waals surface area contributed by atoms with Gasteiger partial charge in [-0.2, -0.15) is 0 Å². The molecule has 1 heterocycles. The van der Waals surface area contributed by atoms with Crippen molar-refractivity contribution in [3.8, 4) is 0 Å².